The molecule has 1 aliphatic carbocycles. The Hall–Kier alpha value is -0.0551. The van der Waals surface area contributed by atoms with Gasteiger partial charge in [-0.15, -0.1) is 0 Å². The minimum Gasteiger partial charge on any atom is -0.402 e. The monoisotopic (exact) mass is 254 g/mol. The molecule has 18 heavy (non-hydrogen) atoms. The minimum absolute atomic E-state index is 0.210. The van der Waals surface area contributed by atoms with E-state index < -0.39 is 0 Å². The summed E-state index contributed by atoms with van der Waals surface area (Å²) >= 11 is 0. The first kappa shape index (κ1) is 14.4. The first-order valence-corrected chi connectivity index (χ1v) is 7.34. The molecule has 0 spiro atoms. The highest BCUT2D eigenvalue weighted by molar-refractivity contribution is 6.45. The zero-order valence-corrected chi connectivity index (χ0v) is 12.3. The van der Waals surface area contributed by atoms with Gasteiger partial charge in [-0.2, -0.15) is 0 Å². The van der Waals surface area contributed by atoms with E-state index in [1.165, 1.54) is 32.1 Å². The quantitative estimate of drug-likeness (QED) is 0.721. The summed E-state index contributed by atoms with van der Waals surface area (Å²) in [6.07, 6.45) is 6.77. The summed E-state index contributed by atoms with van der Waals surface area (Å²) in [6, 6.07) is 0. The molecule has 2 fully saturated rings. The number of ether oxygens (including phenoxy) is 1. The molecule has 1 heterocycles. The highest BCUT2D eigenvalue weighted by Gasteiger charge is 2.51. The maximum absolute atomic E-state index is 5.91. The molecule has 0 amide bonds. The Labute approximate surface area is 112 Å². The molecular weight excluding hydrogens is 227 g/mol. The van der Waals surface area contributed by atoms with Gasteiger partial charge in [-0.05, 0) is 46.5 Å². The number of rotatable bonds is 4. The fourth-order valence-corrected chi connectivity index (χ4v) is 2.72. The van der Waals surface area contributed by atoms with E-state index in [0.29, 0.717) is 6.51 Å². The molecule has 1 aliphatic heterocycles. The third-order valence-corrected chi connectivity index (χ3v) is 4.63. The molecule has 0 atom stereocenters. The van der Waals surface area contributed by atoms with Crippen molar-refractivity contribution in [3.63, 3.8) is 0 Å². The van der Waals surface area contributed by atoms with Gasteiger partial charge in [0.05, 0.1) is 17.7 Å². The minimum atomic E-state index is -0.244. The van der Waals surface area contributed by atoms with Crippen LogP contribution in [0.15, 0.2) is 0 Å². The molecule has 2 rings (SSSR count). The van der Waals surface area contributed by atoms with Crippen molar-refractivity contribution in [3.05, 3.63) is 0 Å². The van der Waals surface area contributed by atoms with E-state index in [9.17, 15) is 0 Å². The topological polar surface area (TPSA) is 27.7 Å². The van der Waals surface area contributed by atoms with E-state index >= 15 is 0 Å². The third kappa shape index (κ3) is 3.28. The van der Waals surface area contributed by atoms with Gasteiger partial charge in [-0.1, -0.05) is 19.3 Å². The Morgan fingerprint density at radius 1 is 1.00 bits per heavy atom. The van der Waals surface area contributed by atoms with Crippen LogP contribution in [0.1, 0.15) is 59.8 Å². The normalized spacial score (nSPS) is 27.7. The average molecular weight is 254 g/mol. The molecular formula is C14H27BO3. The summed E-state index contributed by atoms with van der Waals surface area (Å²) in [5.74, 6) is 0.751. The molecule has 1 saturated carbocycles. The molecule has 4 heteroatoms. The van der Waals surface area contributed by atoms with E-state index in [4.69, 9.17) is 14.0 Å². The second-order valence-electron chi connectivity index (χ2n) is 6.73. The standard InChI is InChI=1S/C14H27BO3/c1-13(2)14(3,4)18-15(17-13)11-16-10-12-8-6-5-7-9-12/h12H,5-11H2,1-4H3. The lowest BCUT2D eigenvalue weighted by molar-refractivity contribution is 0.00578. The van der Waals surface area contributed by atoms with Crippen molar-refractivity contribution in [1.82, 2.24) is 0 Å². The van der Waals surface area contributed by atoms with Crippen LogP contribution in [0.3, 0.4) is 0 Å². The van der Waals surface area contributed by atoms with Crippen LogP contribution in [0.5, 0.6) is 0 Å². The van der Waals surface area contributed by atoms with E-state index in [1.54, 1.807) is 0 Å². The Balaban J connectivity index is 1.69. The Kier molecular flexibility index (Phi) is 4.40. The Bertz CT molecular complexity index is 256. The van der Waals surface area contributed by atoms with Crippen LogP contribution < -0.4 is 0 Å². The first-order chi connectivity index (χ1) is 8.41. The van der Waals surface area contributed by atoms with Gasteiger partial charge in [0.2, 0.25) is 0 Å². The van der Waals surface area contributed by atoms with Gasteiger partial charge in [-0.25, -0.2) is 0 Å². The molecule has 3 nitrogen and oxygen atoms in total. The van der Waals surface area contributed by atoms with Crippen LogP contribution in [0.25, 0.3) is 0 Å². The summed E-state index contributed by atoms with van der Waals surface area (Å²) in [5, 5.41) is 0. The van der Waals surface area contributed by atoms with Crippen LogP contribution in [0.4, 0.5) is 0 Å². The fraction of sp³-hybridized carbons (Fsp3) is 1.00. The van der Waals surface area contributed by atoms with E-state index in [-0.39, 0.29) is 18.3 Å². The zero-order valence-electron chi connectivity index (χ0n) is 12.3. The van der Waals surface area contributed by atoms with Crippen molar-refractivity contribution < 1.29 is 14.0 Å². The van der Waals surface area contributed by atoms with Crippen molar-refractivity contribution in [2.45, 2.75) is 71.0 Å². The van der Waals surface area contributed by atoms with Gasteiger partial charge in [0.15, 0.2) is 0 Å². The second kappa shape index (κ2) is 5.52. The van der Waals surface area contributed by atoms with Gasteiger partial charge in [0.25, 0.3) is 0 Å². The Morgan fingerprint density at radius 3 is 2.11 bits per heavy atom. The van der Waals surface area contributed by atoms with Crippen LogP contribution in [0.2, 0.25) is 0 Å². The molecule has 0 unspecified atom stereocenters. The van der Waals surface area contributed by atoms with Crippen LogP contribution in [-0.4, -0.2) is 31.4 Å². The van der Waals surface area contributed by atoms with Crippen molar-refractivity contribution in [3.8, 4) is 0 Å². The van der Waals surface area contributed by atoms with Crippen molar-refractivity contribution in [2.24, 2.45) is 5.92 Å². The molecule has 0 aromatic carbocycles. The van der Waals surface area contributed by atoms with Gasteiger partial charge >= 0.3 is 7.12 Å². The zero-order chi connectivity index (χ0) is 13.2. The molecule has 0 aromatic heterocycles. The summed E-state index contributed by atoms with van der Waals surface area (Å²) in [6.45, 7) is 9.73. The van der Waals surface area contributed by atoms with Crippen LogP contribution in [0, 0.1) is 5.92 Å². The van der Waals surface area contributed by atoms with Crippen molar-refractivity contribution in [2.75, 3.05) is 13.1 Å². The highest BCUT2D eigenvalue weighted by atomic mass is 16.7. The number of hydrogen-bond acceptors (Lipinski definition) is 3. The molecule has 0 N–H and O–H groups in total. The lowest BCUT2D eigenvalue weighted by Crippen LogP contribution is -2.41. The molecule has 104 valence electrons. The number of hydrogen-bond donors (Lipinski definition) is 0. The fourth-order valence-electron chi connectivity index (χ4n) is 2.72. The van der Waals surface area contributed by atoms with Gasteiger partial charge in [0.1, 0.15) is 0 Å². The molecule has 0 bridgehead atoms. The van der Waals surface area contributed by atoms with E-state index in [2.05, 4.69) is 27.7 Å². The lowest BCUT2D eigenvalue weighted by Gasteiger charge is -2.32. The molecule has 1 saturated heterocycles. The lowest BCUT2D eigenvalue weighted by atomic mass is 9.89. The molecule has 2 aliphatic rings. The summed E-state index contributed by atoms with van der Waals surface area (Å²) in [4.78, 5) is 0. The third-order valence-electron chi connectivity index (χ3n) is 4.63. The summed E-state index contributed by atoms with van der Waals surface area (Å²) < 4.78 is 17.6. The van der Waals surface area contributed by atoms with Crippen molar-refractivity contribution in [1.29, 1.82) is 0 Å². The van der Waals surface area contributed by atoms with E-state index in [1.807, 2.05) is 0 Å². The summed E-state index contributed by atoms with van der Waals surface area (Å²) in [7, 11) is -0.210. The van der Waals surface area contributed by atoms with Crippen molar-refractivity contribution >= 4 is 7.12 Å². The second-order valence-corrected chi connectivity index (χ2v) is 6.73. The maximum atomic E-state index is 5.91. The maximum Gasteiger partial charge on any atom is 0.485 e. The molecule has 0 aromatic rings. The van der Waals surface area contributed by atoms with Gasteiger partial charge in [0, 0.05) is 6.61 Å². The average Bonchev–Trinajstić information content (AvgIpc) is 2.49. The SMILES string of the molecule is CC1(C)OB(COCC2CCCCC2)OC1(C)C. The van der Waals surface area contributed by atoms with Gasteiger partial charge < -0.3 is 14.0 Å². The van der Waals surface area contributed by atoms with Crippen LogP contribution >= 0.6 is 0 Å². The van der Waals surface area contributed by atoms with Crippen LogP contribution in [-0.2, 0) is 14.0 Å². The predicted octanol–water partition coefficient (Wildman–Crippen LogP) is 3.21. The summed E-state index contributed by atoms with van der Waals surface area (Å²) in [5.41, 5.74) is -0.488. The van der Waals surface area contributed by atoms with Gasteiger partial charge in [-0.3, -0.25) is 0 Å². The van der Waals surface area contributed by atoms with E-state index in [0.717, 1.165) is 12.5 Å². The first-order valence-electron chi connectivity index (χ1n) is 7.34. The predicted molar refractivity (Wildman–Crippen MR) is 73.5 cm³/mol. The largest absolute Gasteiger partial charge is 0.485 e. The smallest absolute Gasteiger partial charge is 0.402 e. The molecule has 0 radical (unpaired) electrons. The Morgan fingerprint density at radius 2 is 1.56 bits per heavy atom. The highest BCUT2D eigenvalue weighted by Crippen LogP contribution is 2.36.